The molecule has 1 aromatic carbocycles. The first kappa shape index (κ1) is 15.3. The second-order valence-corrected chi connectivity index (χ2v) is 5.98. The Bertz CT molecular complexity index is 960. The van der Waals surface area contributed by atoms with Crippen LogP contribution in [-0.2, 0) is 16.0 Å². The van der Waals surface area contributed by atoms with Crippen LogP contribution in [0.3, 0.4) is 0 Å². The molecule has 1 saturated heterocycles. The summed E-state index contributed by atoms with van der Waals surface area (Å²) in [6, 6.07) is 7.20. The zero-order valence-electron chi connectivity index (χ0n) is 13.0. The smallest absolute Gasteiger partial charge is 0.293 e. The summed E-state index contributed by atoms with van der Waals surface area (Å²) < 4.78 is 13.8. The van der Waals surface area contributed by atoms with Gasteiger partial charge in [-0.1, -0.05) is 17.7 Å². The molecule has 3 heterocycles. The highest BCUT2D eigenvalue weighted by Gasteiger charge is 2.21. The number of hydrogen-bond acceptors (Lipinski definition) is 5. The first-order valence-corrected chi connectivity index (χ1v) is 7.96. The lowest BCUT2D eigenvalue weighted by atomic mass is 10.2. The fraction of sp³-hybridized carbons (Fsp3) is 0.312. The van der Waals surface area contributed by atoms with Crippen LogP contribution in [0.2, 0.25) is 5.02 Å². The lowest BCUT2D eigenvalue weighted by molar-refractivity contribution is -0.0553. The van der Waals surface area contributed by atoms with Gasteiger partial charge >= 0.3 is 0 Å². The van der Waals surface area contributed by atoms with E-state index in [1.807, 2.05) is 19.1 Å². The standard InChI is InChI=1S/C16H15ClN4O3/c1-10-13-8-18-21(12-4-2-3-11(17)7-12)15(13)16(22)20(19-10)9-14-23-5-6-24-14/h2-4,7-8,14H,5-6,9H2,1H3. The highest BCUT2D eigenvalue weighted by molar-refractivity contribution is 6.30. The van der Waals surface area contributed by atoms with Gasteiger partial charge in [0, 0.05) is 10.4 Å². The molecule has 0 spiro atoms. The number of rotatable bonds is 3. The van der Waals surface area contributed by atoms with Crippen LogP contribution in [0.15, 0.2) is 35.3 Å². The van der Waals surface area contributed by atoms with Gasteiger partial charge in [0.15, 0.2) is 6.29 Å². The summed E-state index contributed by atoms with van der Waals surface area (Å²) in [7, 11) is 0. The zero-order valence-corrected chi connectivity index (χ0v) is 13.7. The van der Waals surface area contributed by atoms with Crippen molar-refractivity contribution in [3.8, 4) is 5.69 Å². The summed E-state index contributed by atoms with van der Waals surface area (Å²) in [6.07, 6.45) is 1.20. The van der Waals surface area contributed by atoms with Crippen LogP contribution in [0.4, 0.5) is 0 Å². The van der Waals surface area contributed by atoms with Crippen molar-refractivity contribution in [2.75, 3.05) is 13.2 Å². The van der Waals surface area contributed by atoms with E-state index in [0.717, 1.165) is 11.4 Å². The number of hydrogen-bond donors (Lipinski definition) is 0. The second kappa shape index (κ2) is 6.01. The van der Waals surface area contributed by atoms with E-state index in [9.17, 15) is 4.79 Å². The van der Waals surface area contributed by atoms with Crippen molar-refractivity contribution in [1.82, 2.24) is 19.6 Å². The van der Waals surface area contributed by atoms with Crippen LogP contribution in [0.1, 0.15) is 5.69 Å². The van der Waals surface area contributed by atoms with Gasteiger partial charge in [-0.3, -0.25) is 4.79 Å². The van der Waals surface area contributed by atoms with Gasteiger partial charge in [-0.2, -0.15) is 10.2 Å². The largest absolute Gasteiger partial charge is 0.348 e. The van der Waals surface area contributed by atoms with Crippen molar-refractivity contribution in [2.24, 2.45) is 0 Å². The van der Waals surface area contributed by atoms with Crippen LogP contribution >= 0.6 is 11.6 Å². The van der Waals surface area contributed by atoms with Crippen molar-refractivity contribution in [3.05, 3.63) is 51.5 Å². The molecule has 0 aliphatic carbocycles. The maximum Gasteiger partial charge on any atom is 0.293 e. The number of benzene rings is 1. The number of aromatic nitrogens is 4. The van der Waals surface area contributed by atoms with Gasteiger partial charge in [-0.05, 0) is 25.1 Å². The number of ether oxygens (including phenoxy) is 2. The van der Waals surface area contributed by atoms with Crippen LogP contribution in [0.5, 0.6) is 0 Å². The van der Waals surface area contributed by atoms with Gasteiger partial charge in [0.2, 0.25) is 0 Å². The molecule has 2 aromatic heterocycles. The summed E-state index contributed by atoms with van der Waals surface area (Å²) in [6.45, 7) is 3.15. The van der Waals surface area contributed by atoms with E-state index in [1.165, 1.54) is 4.68 Å². The molecule has 0 bridgehead atoms. The van der Waals surface area contributed by atoms with Gasteiger partial charge < -0.3 is 9.47 Å². The molecule has 3 aromatic rings. The Morgan fingerprint density at radius 1 is 1.33 bits per heavy atom. The summed E-state index contributed by atoms with van der Waals surface area (Å²) in [5.41, 5.74) is 1.66. The van der Waals surface area contributed by atoms with Crippen molar-refractivity contribution in [2.45, 2.75) is 19.8 Å². The SMILES string of the molecule is Cc1nn(CC2OCCO2)c(=O)c2c1cnn2-c1cccc(Cl)c1. The Hall–Kier alpha value is -2.22. The average molecular weight is 347 g/mol. The molecule has 7 nitrogen and oxygen atoms in total. The Labute approximate surface area is 142 Å². The Kier molecular flexibility index (Phi) is 3.84. The van der Waals surface area contributed by atoms with Crippen molar-refractivity contribution in [3.63, 3.8) is 0 Å². The third kappa shape index (κ3) is 2.60. The molecule has 0 N–H and O–H groups in total. The summed E-state index contributed by atoms with van der Waals surface area (Å²) in [4.78, 5) is 12.9. The van der Waals surface area contributed by atoms with E-state index in [1.54, 1.807) is 23.0 Å². The third-order valence-electron chi connectivity index (χ3n) is 3.93. The molecule has 4 rings (SSSR count). The third-order valence-corrected chi connectivity index (χ3v) is 4.17. The lowest BCUT2D eigenvalue weighted by Gasteiger charge is -2.12. The van der Waals surface area contributed by atoms with Crippen LogP contribution in [-0.4, -0.2) is 39.1 Å². The predicted octanol–water partition coefficient (Wildman–Crippen LogP) is 1.92. The van der Waals surface area contributed by atoms with Gasteiger partial charge in [0.1, 0.15) is 5.52 Å². The molecule has 24 heavy (non-hydrogen) atoms. The quantitative estimate of drug-likeness (QED) is 0.724. The number of fused-ring (bicyclic) bond motifs is 1. The highest BCUT2D eigenvalue weighted by atomic mass is 35.5. The predicted molar refractivity (Wildman–Crippen MR) is 88.6 cm³/mol. The van der Waals surface area contributed by atoms with Gasteiger partial charge in [0.25, 0.3) is 5.56 Å². The van der Waals surface area contributed by atoms with E-state index in [0.29, 0.717) is 29.1 Å². The number of halogens is 1. The molecule has 0 amide bonds. The molecule has 0 radical (unpaired) electrons. The maximum absolute atomic E-state index is 12.9. The first-order chi connectivity index (χ1) is 11.6. The second-order valence-electron chi connectivity index (χ2n) is 5.54. The molecule has 1 aliphatic rings. The minimum absolute atomic E-state index is 0.243. The van der Waals surface area contributed by atoms with E-state index in [4.69, 9.17) is 21.1 Å². The summed E-state index contributed by atoms with van der Waals surface area (Å²) in [5.74, 6) is 0. The lowest BCUT2D eigenvalue weighted by Crippen LogP contribution is -2.31. The normalized spacial score (nSPS) is 15.4. The Morgan fingerprint density at radius 2 is 2.12 bits per heavy atom. The van der Waals surface area contributed by atoms with E-state index in [-0.39, 0.29) is 12.1 Å². The number of nitrogens with zero attached hydrogens (tertiary/aromatic N) is 4. The molecule has 8 heteroatoms. The van der Waals surface area contributed by atoms with Crippen molar-refractivity contribution >= 4 is 22.5 Å². The summed E-state index contributed by atoms with van der Waals surface area (Å²) in [5, 5.41) is 9.99. The topological polar surface area (TPSA) is 71.2 Å². The van der Waals surface area contributed by atoms with Crippen molar-refractivity contribution in [1.29, 1.82) is 0 Å². The summed E-state index contributed by atoms with van der Waals surface area (Å²) >= 11 is 6.06. The minimum atomic E-state index is -0.449. The first-order valence-electron chi connectivity index (χ1n) is 7.58. The van der Waals surface area contributed by atoms with Crippen LogP contribution < -0.4 is 5.56 Å². The van der Waals surface area contributed by atoms with Gasteiger partial charge in [0.05, 0.1) is 37.3 Å². The molecule has 1 aliphatic heterocycles. The maximum atomic E-state index is 12.9. The van der Waals surface area contributed by atoms with Crippen LogP contribution in [0.25, 0.3) is 16.6 Å². The fourth-order valence-corrected chi connectivity index (χ4v) is 2.99. The minimum Gasteiger partial charge on any atom is -0.348 e. The molecule has 0 atom stereocenters. The Balaban J connectivity index is 1.87. The Morgan fingerprint density at radius 3 is 2.88 bits per heavy atom. The van der Waals surface area contributed by atoms with Gasteiger partial charge in [-0.25, -0.2) is 9.36 Å². The van der Waals surface area contributed by atoms with Crippen LogP contribution in [0, 0.1) is 6.92 Å². The van der Waals surface area contributed by atoms with E-state index < -0.39 is 6.29 Å². The molecule has 124 valence electrons. The molecular weight excluding hydrogens is 332 g/mol. The molecular formula is C16H15ClN4O3. The highest BCUT2D eigenvalue weighted by Crippen LogP contribution is 2.20. The molecule has 0 unspecified atom stereocenters. The molecule has 0 saturated carbocycles. The van der Waals surface area contributed by atoms with E-state index in [2.05, 4.69) is 10.2 Å². The number of aryl methyl sites for hydroxylation is 1. The van der Waals surface area contributed by atoms with Crippen molar-refractivity contribution < 1.29 is 9.47 Å². The van der Waals surface area contributed by atoms with E-state index >= 15 is 0 Å². The monoisotopic (exact) mass is 346 g/mol. The fourth-order valence-electron chi connectivity index (χ4n) is 2.80. The zero-order chi connectivity index (χ0) is 16.7. The average Bonchev–Trinajstić information content (AvgIpc) is 3.22. The van der Waals surface area contributed by atoms with Gasteiger partial charge in [-0.15, -0.1) is 0 Å². The molecule has 1 fully saturated rings.